The molecule has 0 aliphatic carbocycles. The van der Waals surface area contributed by atoms with Gasteiger partial charge in [-0.15, -0.1) is 0 Å². The molecule has 3 aromatic rings. The summed E-state index contributed by atoms with van der Waals surface area (Å²) in [4.78, 5) is 8.28. The van der Waals surface area contributed by atoms with Gasteiger partial charge in [-0.3, -0.25) is 4.98 Å². The first-order chi connectivity index (χ1) is 10.3. The van der Waals surface area contributed by atoms with Crippen LogP contribution in [0.5, 0.6) is 5.75 Å². The molecule has 1 N–H and O–H groups in total. The lowest BCUT2D eigenvalue weighted by atomic mass is 10.2. The van der Waals surface area contributed by atoms with Gasteiger partial charge in [-0.2, -0.15) is 4.98 Å². The Morgan fingerprint density at radius 1 is 1.19 bits per heavy atom. The van der Waals surface area contributed by atoms with Crippen molar-refractivity contribution in [2.24, 2.45) is 0 Å². The van der Waals surface area contributed by atoms with Crippen LogP contribution in [0.15, 0.2) is 53.3 Å². The second-order valence-corrected chi connectivity index (χ2v) is 4.36. The summed E-state index contributed by atoms with van der Waals surface area (Å²) in [7, 11) is 1.62. The molecule has 1 aromatic carbocycles. The van der Waals surface area contributed by atoms with E-state index < -0.39 is 0 Å². The fraction of sp³-hybridized carbons (Fsp3) is 0.133. The lowest BCUT2D eigenvalue weighted by Gasteiger charge is -2.00. The molecule has 106 valence electrons. The number of hydrogen-bond donors (Lipinski definition) is 1. The number of aromatic nitrogens is 3. The van der Waals surface area contributed by atoms with E-state index in [1.165, 1.54) is 0 Å². The van der Waals surface area contributed by atoms with Crippen LogP contribution < -0.4 is 10.1 Å². The number of pyridine rings is 1. The van der Waals surface area contributed by atoms with E-state index in [2.05, 4.69) is 20.4 Å². The molecular weight excluding hydrogens is 268 g/mol. The second-order valence-electron chi connectivity index (χ2n) is 4.36. The zero-order chi connectivity index (χ0) is 14.5. The number of nitrogens with one attached hydrogen (secondary N) is 1. The van der Waals surface area contributed by atoms with E-state index in [-0.39, 0.29) is 0 Å². The summed E-state index contributed by atoms with van der Waals surface area (Å²) in [6.07, 6.45) is 3.49. The highest BCUT2D eigenvalue weighted by molar-refractivity contribution is 5.57. The summed E-state index contributed by atoms with van der Waals surface area (Å²) in [5.41, 5.74) is 1.93. The fourth-order valence-corrected chi connectivity index (χ4v) is 1.85. The second kappa shape index (κ2) is 6.04. The molecule has 0 bridgehead atoms. The molecule has 0 atom stereocenters. The maximum absolute atomic E-state index is 5.19. The van der Waals surface area contributed by atoms with E-state index in [4.69, 9.17) is 9.26 Å². The van der Waals surface area contributed by atoms with Crippen molar-refractivity contribution in [1.82, 2.24) is 15.1 Å². The molecule has 0 aliphatic heterocycles. The minimum absolute atomic E-state index is 0.379. The van der Waals surface area contributed by atoms with Gasteiger partial charge < -0.3 is 14.6 Å². The lowest BCUT2D eigenvalue weighted by molar-refractivity contribution is 0.414. The SMILES string of the molecule is COc1cccc(-c2noc(NCc3ccncc3)n2)c1. The predicted octanol–water partition coefficient (Wildman–Crippen LogP) is 2.75. The van der Waals surface area contributed by atoms with E-state index in [1.807, 2.05) is 36.4 Å². The monoisotopic (exact) mass is 282 g/mol. The van der Waals surface area contributed by atoms with Crippen LogP contribution in [0.2, 0.25) is 0 Å². The van der Waals surface area contributed by atoms with Crippen molar-refractivity contribution in [2.75, 3.05) is 12.4 Å². The molecule has 0 amide bonds. The molecule has 0 unspecified atom stereocenters. The smallest absolute Gasteiger partial charge is 0.322 e. The minimum atomic E-state index is 0.379. The van der Waals surface area contributed by atoms with Gasteiger partial charge in [0, 0.05) is 24.5 Å². The Labute approximate surface area is 121 Å². The summed E-state index contributed by atoms with van der Waals surface area (Å²) in [5, 5.41) is 7.04. The van der Waals surface area contributed by atoms with E-state index in [0.717, 1.165) is 16.9 Å². The van der Waals surface area contributed by atoms with Crippen LogP contribution in [0.4, 0.5) is 6.01 Å². The van der Waals surface area contributed by atoms with Gasteiger partial charge in [0.1, 0.15) is 5.75 Å². The number of rotatable bonds is 5. The first-order valence-electron chi connectivity index (χ1n) is 6.46. The third-order valence-electron chi connectivity index (χ3n) is 2.95. The molecule has 0 aliphatic rings. The Hall–Kier alpha value is -2.89. The molecule has 0 spiro atoms. The number of ether oxygens (including phenoxy) is 1. The Morgan fingerprint density at radius 2 is 2.05 bits per heavy atom. The zero-order valence-corrected chi connectivity index (χ0v) is 11.5. The van der Waals surface area contributed by atoms with Gasteiger partial charge in [0.25, 0.3) is 0 Å². The fourth-order valence-electron chi connectivity index (χ4n) is 1.85. The maximum Gasteiger partial charge on any atom is 0.322 e. The Morgan fingerprint density at radius 3 is 2.86 bits per heavy atom. The number of methoxy groups -OCH3 is 1. The molecule has 6 nitrogen and oxygen atoms in total. The van der Waals surface area contributed by atoms with Gasteiger partial charge in [0.05, 0.1) is 7.11 Å². The van der Waals surface area contributed by atoms with Gasteiger partial charge in [-0.05, 0) is 29.8 Å². The third kappa shape index (κ3) is 3.17. The van der Waals surface area contributed by atoms with Crippen LogP contribution in [0, 0.1) is 0 Å². The number of anilines is 1. The molecule has 0 saturated carbocycles. The highest BCUT2D eigenvalue weighted by atomic mass is 16.5. The average Bonchev–Trinajstić information content (AvgIpc) is 3.03. The van der Waals surface area contributed by atoms with Crippen LogP contribution >= 0.6 is 0 Å². The number of benzene rings is 1. The van der Waals surface area contributed by atoms with Gasteiger partial charge >= 0.3 is 6.01 Å². The molecule has 2 aromatic heterocycles. The van der Waals surface area contributed by atoms with Gasteiger partial charge in [-0.25, -0.2) is 0 Å². The molecule has 21 heavy (non-hydrogen) atoms. The van der Waals surface area contributed by atoms with Crippen molar-refractivity contribution in [3.05, 3.63) is 54.4 Å². The molecular formula is C15H14N4O2. The Kier molecular flexibility index (Phi) is 3.77. The molecule has 0 saturated heterocycles. The number of hydrogen-bond acceptors (Lipinski definition) is 6. The first-order valence-corrected chi connectivity index (χ1v) is 6.46. The molecule has 0 fully saturated rings. The van der Waals surface area contributed by atoms with Gasteiger partial charge in [0.2, 0.25) is 5.82 Å². The van der Waals surface area contributed by atoms with Gasteiger partial charge in [-0.1, -0.05) is 17.3 Å². The van der Waals surface area contributed by atoms with Crippen molar-refractivity contribution in [3.8, 4) is 17.1 Å². The Bertz CT molecular complexity index is 712. The van der Waals surface area contributed by atoms with E-state index >= 15 is 0 Å². The third-order valence-corrected chi connectivity index (χ3v) is 2.95. The molecule has 3 rings (SSSR count). The minimum Gasteiger partial charge on any atom is -0.497 e. The lowest BCUT2D eigenvalue weighted by Crippen LogP contribution is -1.99. The number of nitrogens with zero attached hydrogens (tertiary/aromatic N) is 3. The average molecular weight is 282 g/mol. The highest BCUT2D eigenvalue weighted by Crippen LogP contribution is 2.22. The standard InChI is InChI=1S/C15H14N4O2/c1-20-13-4-2-3-12(9-13)14-18-15(21-19-14)17-10-11-5-7-16-8-6-11/h2-9H,10H2,1H3,(H,17,18,19). The quantitative estimate of drug-likeness (QED) is 0.775. The van der Waals surface area contributed by atoms with Crippen molar-refractivity contribution in [3.63, 3.8) is 0 Å². The van der Waals surface area contributed by atoms with Crippen molar-refractivity contribution >= 4 is 6.01 Å². The summed E-state index contributed by atoms with van der Waals surface area (Å²) in [6.45, 7) is 0.599. The van der Waals surface area contributed by atoms with E-state index in [1.54, 1.807) is 19.5 Å². The highest BCUT2D eigenvalue weighted by Gasteiger charge is 2.09. The summed E-state index contributed by atoms with van der Waals surface area (Å²) >= 11 is 0. The summed E-state index contributed by atoms with van der Waals surface area (Å²) in [5.74, 6) is 1.27. The largest absolute Gasteiger partial charge is 0.497 e. The van der Waals surface area contributed by atoms with Crippen LogP contribution in [-0.4, -0.2) is 22.2 Å². The molecule has 0 radical (unpaired) electrons. The van der Waals surface area contributed by atoms with Crippen molar-refractivity contribution in [2.45, 2.75) is 6.54 Å². The van der Waals surface area contributed by atoms with Crippen molar-refractivity contribution in [1.29, 1.82) is 0 Å². The summed E-state index contributed by atoms with van der Waals surface area (Å²) in [6, 6.07) is 11.7. The topological polar surface area (TPSA) is 73.1 Å². The predicted molar refractivity (Wildman–Crippen MR) is 77.8 cm³/mol. The maximum atomic E-state index is 5.19. The van der Waals surface area contributed by atoms with E-state index in [9.17, 15) is 0 Å². The Balaban J connectivity index is 1.71. The van der Waals surface area contributed by atoms with Crippen LogP contribution in [0.3, 0.4) is 0 Å². The molecule has 2 heterocycles. The van der Waals surface area contributed by atoms with Gasteiger partial charge in [0.15, 0.2) is 0 Å². The van der Waals surface area contributed by atoms with Crippen molar-refractivity contribution < 1.29 is 9.26 Å². The summed E-state index contributed by atoms with van der Waals surface area (Å²) < 4.78 is 10.4. The zero-order valence-electron chi connectivity index (χ0n) is 11.5. The van der Waals surface area contributed by atoms with Crippen LogP contribution in [0.25, 0.3) is 11.4 Å². The normalized spacial score (nSPS) is 10.3. The van der Waals surface area contributed by atoms with Crippen LogP contribution in [-0.2, 0) is 6.54 Å². The first kappa shape index (κ1) is 13.1. The van der Waals surface area contributed by atoms with E-state index in [0.29, 0.717) is 18.4 Å². The van der Waals surface area contributed by atoms with Crippen LogP contribution in [0.1, 0.15) is 5.56 Å². The molecule has 6 heteroatoms.